The van der Waals surface area contributed by atoms with Gasteiger partial charge in [-0.15, -0.1) is 0 Å². The number of carbonyl (C=O) groups excluding carboxylic acids is 2. The maximum atomic E-state index is 13.3. The molecule has 1 spiro atoms. The Morgan fingerprint density at radius 2 is 1.96 bits per heavy atom. The zero-order valence-corrected chi connectivity index (χ0v) is 14.6. The van der Waals surface area contributed by atoms with Crippen LogP contribution in [-0.4, -0.2) is 34.5 Å². The number of nitrogens with one attached hydrogen (secondary N) is 1. The van der Waals surface area contributed by atoms with Gasteiger partial charge in [-0.05, 0) is 68.2 Å². The van der Waals surface area contributed by atoms with E-state index in [4.69, 9.17) is 5.21 Å². The summed E-state index contributed by atoms with van der Waals surface area (Å²) >= 11 is 0. The second-order valence-electron chi connectivity index (χ2n) is 7.92. The van der Waals surface area contributed by atoms with Crippen LogP contribution in [0, 0.1) is 5.41 Å². The van der Waals surface area contributed by atoms with Crippen molar-refractivity contribution in [3.05, 3.63) is 34.9 Å². The zero-order valence-electron chi connectivity index (χ0n) is 14.6. The Bertz CT molecular complexity index is 696. The van der Waals surface area contributed by atoms with Crippen molar-refractivity contribution in [2.75, 3.05) is 6.54 Å². The van der Waals surface area contributed by atoms with E-state index in [-0.39, 0.29) is 5.41 Å². The van der Waals surface area contributed by atoms with Crippen LogP contribution < -0.4 is 5.48 Å². The van der Waals surface area contributed by atoms with E-state index in [1.54, 1.807) is 11.5 Å². The number of hydroxylamine groups is 1. The minimum atomic E-state index is -0.482. The third-order valence-electron chi connectivity index (χ3n) is 6.51. The number of nitrogens with zero attached hydrogens (tertiary/aromatic N) is 1. The molecule has 2 fully saturated rings. The summed E-state index contributed by atoms with van der Waals surface area (Å²) in [6.07, 6.45) is 9.38. The maximum Gasteiger partial charge on any atom is 0.274 e. The quantitative estimate of drug-likeness (QED) is 0.641. The van der Waals surface area contributed by atoms with Crippen molar-refractivity contribution in [1.82, 2.24) is 10.4 Å². The molecule has 3 aliphatic rings. The molecule has 2 amide bonds. The van der Waals surface area contributed by atoms with Crippen molar-refractivity contribution in [1.29, 1.82) is 0 Å². The molecule has 1 aliphatic heterocycles. The van der Waals surface area contributed by atoms with E-state index in [1.807, 2.05) is 12.1 Å². The molecule has 0 unspecified atom stereocenters. The smallest absolute Gasteiger partial charge is 0.274 e. The number of amides is 2. The maximum absolute atomic E-state index is 13.3. The Kier molecular flexibility index (Phi) is 4.28. The van der Waals surface area contributed by atoms with Gasteiger partial charge in [0.1, 0.15) is 0 Å². The number of fused-ring (bicyclic) bond motifs is 1. The van der Waals surface area contributed by atoms with Crippen LogP contribution in [0.4, 0.5) is 0 Å². The minimum Gasteiger partial charge on any atom is -0.339 e. The van der Waals surface area contributed by atoms with Crippen molar-refractivity contribution in [3.63, 3.8) is 0 Å². The summed E-state index contributed by atoms with van der Waals surface area (Å²) in [7, 11) is 0. The third kappa shape index (κ3) is 2.84. The molecule has 1 heterocycles. The molecule has 5 heteroatoms. The van der Waals surface area contributed by atoms with E-state index in [2.05, 4.69) is 4.90 Å². The molecule has 1 aromatic carbocycles. The lowest BCUT2D eigenvalue weighted by Gasteiger charge is -2.46. The predicted molar refractivity (Wildman–Crippen MR) is 93.4 cm³/mol. The minimum absolute atomic E-state index is 0.241. The van der Waals surface area contributed by atoms with Crippen LogP contribution in [0.1, 0.15) is 66.4 Å². The number of rotatable bonds is 2. The summed E-state index contributed by atoms with van der Waals surface area (Å²) in [5, 5.41) is 8.81. The second-order valence-corrected chi connectivity index (χ2v) is 7.92. The lowest BCUT2D eigenvalue weighted by Crippen LogP contribution is -2.54. The molecule has 0 aromatic heterocycles. The number of hydrogen-bond acceptors (Lipinski definition) is 3. The van der Waals surface area contributed by atoms with E-state index in [0.717, 1.165) is 57.1 Å². The van der Waals surface area contributed by atoms with Gasteiger partial charge >= 0.3 is 0 Å². The van der Waals surface area contributed by atoms with Crippen LogP contribution >= 0.6 is 0 Å². The Balaban J connectivity index is 1.58. The first-order valence-corrected chi connectivity index (χ1v) is 9.50. The molecule has 2 aliphatic carbocycles. The van der Waals surface area contributed by atoms with E-state index in [0.29, 0.717) is 17.5 Å². The molecule has 2 N–H and O–H groups in total. The number of carbonyl (C=O) groups is 2. The highest BCUT2D eigenvalue weighted by Crippen LogP contribution is 2.44. The normalized spacial score (nSPS) is 26.8. The first kappa shape index (κ1) is 16.6. The Morgan fingerprint density at radius 3 is 2.72 bits per heavy atom. The molecule has 4 rings (SSSR count). The van der Waals surface area contributed by atoms with Gasteiger partial charge in [-0.2, -0.15) is 0 Å². The fourth-order valence-electron chi connectivity index (χ4n) is 5.12. The van der Waals surface area contributed by atoms with Gasteiger partial charge in [0, 0.05) is 18.2 Å². The first-order chi connectivity index (χ1) is 12.1. The molecule has 1 atom stereocenters. The van der Waals surface area contributed by atoms with E-state index < -0.39 is 5.91 Å². The fraction of sp³-hybridized carbons (Fsp3) is 0.600. The Hall–Kier alpha value is -1.88. The summed E-state index contributed by atoms with van der Waals surface area (Å²) < 4.78 is 0. The summed E-state index contributed by atoms with van der Waals surface area (Å²) in [4.78, 5) is 27.2. The van der Waals surface area contributed by atoms with Crippen LogP contribution in [0.15, 0.2) is 18.2 Å². The van der Waals surface area contributed by atoms with E-state index in [9.17, 15) is 9.59 Å². The van der Waals surface area contributed by atoms with Gasteiger partial charge in [0.25, 0.3) is 5.91 Å². The second kappa shape index (κ2) is 6.45. The van der Waals surface area contributed by atoms with Gasteiger partial charge in [-0.25, -0.2) is 5.48 Å². The number of benzene rings is 1. The standard InChI is InChI=1S/C20H26N2O3/c23-18(21-25)15-6-7-16-13-20(10-8-14(16)12-15)9-3-11-22(19(20)24)17-4-1-2-5-17/h6-7,12,17,25H,1-5,8-11,13H2,(H,21,23)/t20-/m1/s1. The van der Waals surface area contributed by atoms with Crippen molar-refractivity contribution < 1.29 is 14.8 Å². The topological polar surface area (TPSA) is 69.6 Å². The third-order valence-corrected chi connectivity index (χ3v) is 6.51. The highest BCUT2D eigenvalue weighted by molar-refractivity contribution is 5.93. The molecule has 1 saturated heterocycles. The molecule has 0 bridgehead atoms. The molecular weight excluding hydrogens is 316 g/mol. The molecule has 134 valence electrons. The zero-order chi connectivity index (χ0) is 17.4. The van der Waals surface area contributed by atoms with Crippen LogP contribution in [0.2, 0.25) is 0 Å². The van der Waals surface area contributed by atoms with Gasteiger partial charge in [-0.1, -0.05) is 18.9 Å². The van der Waals surface area contributed by atoms with Crippen molar-refractivity contribution in [2.45, 2.75) is 63.8 Å². The summed E-state index contributed by atoms with van der Waals surface area (Å²) in [5.41, 5.74) is 4.24. The monoisotopic (exact) mass is 342 g/mol. The Morgan fingerprint density at radius 1 is 1.16 bits per heavy atom. The van der Waals surface area contributed by atoms with Gasteiger partial charge in [0.05, 0.1) is 5.41 Å². The van der Waals surface area contributed by atoms with Gasteiger partial charge in [-0.3, -0.25) is 14.8 Å². The SMILES string of the molecule is O=C(NO)c1ccc2c(c1)CC[C@]1(CCCN(C3CCCC3)C1=O)C2. The van der Waals surface area contributed by atoms with Crippen molar-refractivity contribution >= 4 is 11.8 Å². The van der Waals surface area contributed by atoms with E-state index >= 15 is 0 Å². The lowest BCUT2D eigenvalue weighted by molar-refractivity contribution is -0.150. The van der Waals surface area contributed by atoms with Crippen LogP contribution in [-0.2, 0) is 17.6 Å². The fourth-order valence-corrected chi connectivity index (χ4v) is 5.12. The molecule has 5 nitrogen and oxygen atoms in total. The summed E-state index contributed by atoms with van der Waals surface area (Å²) in [6.45, 7) is 0.924. The van der Waals surface area contributed by atoms with Gasteiger partial charge in [0.15, 0.2) is 0 Å². The van der Waals surface area contributed by atoms with Crippen molar-refractivity contribution in [3.8, 4) is 0 Å². The van der Waals surface area contributed by atoms with Crippen LogP contribution in [0.5, 0.6) is 0 Å². The molecule has 0 radical (unpaired) electrons. The summed E-state index contributed by atoms with van der Waals surface area (Å²) in [6, 6.07) is 6.02. The molecule has 1 saturated carbocycles. The molecule has 25 heavy (non-hydrogen) atoms. The highest BCUT2D eigenvalue weighted by Gasteiger charge is 2.47. The average Bonchev–Trinajstić information content (AvgIpc) is 3.17. The average molecular weight is 342 g/mol. The number of hydrogen-bond donors (Lipinski definition) is 2. The van der Waals surface area contributed by atoms with Gasteiger partial charge < -0.3 is 4.90 Å². The van der Waals surface area contributed by atoms with Crippen LogP contribution in [0.25, 0.3) is 0 Å². The highest BCUT2D eigenvalue weighted by atomic mass is 16.5. The largest absolute Gasteiger partial charge is 0.339 e. The van der Waals surface area contributed by atoms with Crippen LogP contribution in [0.3, 0.4) is 0 Å². The first-order valence-electron chi connectivity index (χ1n) is 9.50. The number of piperidine rings is 1. The Labute approximate surface area is 148 Å². The summed E-state index contributed by atoms with van der Waals surface area (Å²) in [5.74, 6) is -0.113. The molecular formula is C20H26N2O3. The van der Waals surface area contributed by atoms with Crippen molar-refractivity contribution in [2.24, 2.45) is 5.41 Å². The van der Waals surface area contributed by atoms with E-state index in [1.165, 1.54) is 18.4 Å². The predicted octanol–water partition coefficient (Wildman–Crippen LogP) is 2.85. The molecule has 1 aromatic rings. The van der Waals surface area contributed by atoms with Gasteiger partial charge in [0.2, 0.25) is 5.91 Å². The number of aryl methyl sites for hydroxylation is 1. The lowest BCUT2D eigenvalue weighted by atomic mass is 9.66. The number of likely N-dealkylation sites (tertiary alicyclic amines) is 1.